The summed E-state index contributed by atoms with van der Waals surface area (Å²) in [4.78, 5) is 24.0. The Kier molecular flexibility index (Phi) is 3.50. The third-order valence-electron chi connectivity index (χ3n) is 4.68. The Hall–Kier alpha value is -1.66. The van der Waals surface area contributed by atoms with Crippen molar-refractivity contribution in [2.75, 3.05) is 13.2 Å². The zero-order valence-corrected chi connectivity index (χ0v) is 12.3. The number of rotatable bonds is 4. The minimum atomic E-state index is -0.181. The molecule has 2 amide bonds. The van der Waals surface area contributed by atoms with E-state index in [0.29, 0.717) is 18.8 Å². The van der Waals surface area contributed by atoms with Gasteiger partial charge in [0.05, 0.1) is 25.3 Å². The van der Waals surface area contributed by atoms with Crippen LogP contribution in [0.5, 0.6) is 0 Å². The summed E-state index contributed by atoms with van der Waals surface area (Å²) < 4.78 is 11.5. The molecule has 0 aromatic rings. The molecule has 2 aliphatic carbocycles. The first kappa shape index (κ1) is 14.0. The van der Waals surface area contributed by atoms with Crippen LogP contribution in [0.25, 0.3) is 0 Å². The maximum absolute atomic E-state index is 12.1. The fourth-order valence-corrected chi connectivity index (χ4v) is 3.27. The SMILES string of the molecule is O=C(N[C@H]1CO[C@H]2[C@@H]1OC[C@@H]2NC(=O)C1CC1)C1=CCC=C1. The lowest BCUT2D eigenvalue weighted by Gasteiger charge is -2.18. The van der Waals surface area contributed by atoms with Crippen LogP contribution in [0, 0.1) is 5.92 Å². The van der Waals surface area contributed by atoms with Crippen LogP contribution < -0.4 is 10.6 Å². The molecule has 1 saturated carbocycles. The molecule has 22 heavy (non-hydrogen) atoms. The number of amides is 2. The fourth-order valence-electron chi connectivity index (χ4n) is 3.27. The van der Waals surface area contributed by atoms with E-state index in [2.05, 4.69) is 10.6 Å². The van der Waals surface area contributed by atoms with Gasteiger partial charge < -0.3 is 20.1 Å². The highest BCUT2D eigenvalue weighted by Gasteiger charge is 2.49. The summed E-state index contributed by atoms with van der Waals surface area (Å²) in [6.45, 7) is 0.872. The largest absolute Gasteiger partial charge is 0.371 e. The molecule has 4 atom stereocenters. The normalized spacial score (nSPS) is 36.1. The van der Waals surface area contributed by atoms with Gasteiger partial charge in [-0.05, 0) is 19.3 Å². The Labute approximate surface area is 128 Å². The van der Waals surface area contributed by atoms with E-state index in [0.717, 1.165) is 19.3 Å². The maximum Gasteiger partial charge on any atom is 0.251 e. The average molecular weight is 304 g/mol. The third-order valence-corrected chi connectivity index (χ3v) is 4.68. The number of ether oxygens (including phenoxy) is 2. The van der Waals surface area contributed by atoms with Crippen LogP contribution >= 0.6 is 0 Å². The summed E-state index contributed by atoms with van der Waals surface area (Å²) in [5, 5.41) is 6.00. The van der Waals surface area contributed by atoms with Gasteiger partial charge in [-0.25, -0.2) is 0 Å². The Morgan fingerprint density at radius 1 is 1.05 bits per heavy atom. The van der Waals surface area contributed by atoms with Crippen molar-refractivity contribution in [2.24, 2.45) is 5.92 Å². The molecule has 6 nitrogen and oxygen atoms in total. The molecule has 6 heteroatoms. The molecule has 0 radical (unpaired) electrons. The average Bonchev–Trinajstić information content (AvgIpc) is 2.93. The molecule has 0 aromatic heterocycles. The molecule has 0 bridgehead atoms. The van der Waals surface area contributed by atoms with E-state index in [4.69, 9.17) is 9.47 Å². The Morgan fingerprint density at radius 3 is 2.32 bits per heavy atom. The smallest absolute Gasteiger partial charge is 0.251 e. The first-order valence-electron chi connectivity index (χ1n) is 7.93. The maximum atomic E-state index is 12.1. The highest BCUT2D eigenvalue weighted by atomic mass is 16.6. The molecular weight excluding hydrogens is 284 g/mol. The van der Waals surface area contributed by atoms with E-state index in [1.165, 1.54) is 0 Å². The van der Waals surface area contributed by atoms with Crippen molar-refractivity contribution in [2.45, 2.75) is 43.6 Å². The van der Waals surface area contributed by atoms with E-state index in [1.54, 1.807) is 0 Å². The van der Waals surface area contributed by atoms with Gasteiger partial charge in [0.25, 0.3) is 5.91 Å². The van der Waals surface area contributed by atoms with Gasteiger partial charge in [0.15, 0.2) is 0 Å². The zero-order valence-electron chi connectivity index (χ0n) is 12.3. The van der Waals surface area contributed by atoms with E-state index >= 15 is 0 Å². The van der Waals surface area contributed by atoms with Gasteiger partial charge in [0, 0.05) is 11.5 Å². The summed E-state index contributed by atoms with van der Waals surface area (Å²) in [5.74, 6) is 0.195. The van der Waals surface area contributed by atoms with Crippen LogP contribution in [-0.4, -0.2) is 49.3 Å². The van der Waals surface area contributed by atoms with Crippen LogP contribution in [0.4, 0.5) is 0 Å². The first-order chi connectivity index (χ1) is 10.7. The van der Waals surface area contributed by atoms with E-state index in [-0.39, 0.29) is 42.0 Å². The van der Waals surface area contributed by atoms with E-state index in [9.17, 15) is 9.59 Å². The number of carbonyl (C=O) groups is 2. The minimum absolute atomic E-state index is 0.0861. The van der Waals surface area contributed by atoms with E-state index in [1.807, 2.05) is 18.2 Å². The number of nitrogens with one attached hydrogen (secondary N) is 2. The quantitative estimate of drug-likeness (QED) is 0.769. The highest BCUT2D eigenvalue weighted by molar-refractivity contribution is 5.97. The molecular formula is C16H20N2O4. The van der Waals surface area contributed by atoms with Crippen molar-refractivity contribution >= 4 is 11.8 Å². The molecule has 0 spiro atoms. The number of allylic oxidation sites excluding steroid dienone is 2. The van der Waals surface area contributed by atoms with Crippen molar-refractivity contribution in [3.8, 4) is 0 Å². The number of carbonyl (C=O) groups excluding carboxylic acids is 2. The Bertz CT molecular complexity index is 552. The minimum Gasteiger partial charge on any atom is -0.371 e. The zero-order chi connectivity index (χ0) is 15.1. The molecule has 2 N–H and O–H groups in total. The highest BCUT2D eigenvalue weighted by Crippen LogP contribution is 2.31. The number of hydrogen-bond donors (Lipinski definition) is 2. The van der Waals surface area contributed by atoms with Gasteiger partial charge in [-0.3, -0.25) is 9.59 Å². The second kappa shape index (κ2) is 5.52. The van der Waals surface area contributed by atoms with Gasteiger partial charge in [0.1, 0.15) is 12.2 Å². The summed E-state index contributed by atoms with van der Waals surface area (Å²) in [5.41, 5.74) is 0.694. The number of hydrogen-bond acceptors (Lipinski definition) is 4. The summed E-state index contributed by atoms with van der Waals surface area (Å²) in [6, 6.07) is -0.263. The van der Waals surface area contributed by atoms with Crippen LogP contribution in [0.1, 0.15) is 19.3 Å². The first-order valence-corrected chi connectivity index (χ1v) is 7.93. The predicted octanol–water partition coefficient (Wildman–Crippen LogP) is 0.0499. The monoisotopic (exact) mass is 304 g/mol. The van der Waals surface area contributed by atoms with Gasteiger partial charge in [-0.1, -0.05) is 18.2 Å². The van der Waals surface area contributed by atoms with Gasteiger partial charge in [0.2, 0.25) is 5.91 Å². The standard InChI is InChI=1S/C16H20N2O4/c19-15(9-3-1-2-4-9)17-11-7-21-14-12(8-22-13(11)14)18-16(20)10-5-6-10/h1,3-4,10-14H,2,5-8H2,(H,17,19)(H,18,20)/t11-,12-,13+,14+/m0/s1. The van der Waals surface area contributed by atoms with Crippen LogP contribution in [0.2, 0.25) is 0 Å². The molecule has 0 aromatic carbocycles. The van der Waals surface area contributed by atoms with Gasteiger partial charge >= 0.3 is 0 Å². The molecule has 118 valence electrons. The molecule has 2 aliphatic heterocycles. The summed E-state index contributed by atoms with van der Waals surface area (Å²) in [7, 11) is 0. The lowest BCUT2D eigenvalue weighted by molar-refractivity contribution is -0.123. The van der Waals surface area contributed by atoms with Crippen LogP contribution in [-0.2, 0) is 19.1 Å². The Morgan fingerprint density at radius 2 is 1.73 bits per heavy atom. The molecule has 2 saturated heterocycles. The summed E-state index contributed by atoms with van der Waals surface area (Å²) >= 11 is 0. The predicted molar refractivity (Wildman–Crippen MR) is 77.9 cm³/mol. The lowest BCUT2D eigenvalue weighted by atomic mass is 10.1. The molecule has 4 aliphatic rings. The van der Waals surface area contributed by atoms with Crippen LogP contribution in [0.15, 0.2) is 23.8 Å². The van der Waals surface area contributed by atoms with Gasteiger partial charge in [-0.2, -0.15) is 0 Å². The Balaban J connectivity index is 1.34. The molecule has 3 fully saturated rings. The summed E-state index contributed by atoms with van der Waals surface area (Å²) in [6.07, 6.45) is 8.11. The van der Waals surface area contributed by atoms with Crippen molar-refractivity contribution in [3.05, 3.63) is 23.8 Å². The molecule has 4 rings (SSSR count). The van der Waals surface area contributed by atoms with Crippen molar-refractivity contribution in [1.29, 1.82) is 0 Å². The second-order valence-corrected chi connectivity index (χ2v) is 6.36. The second-order valence-electron chi connectivity index (χ2n) is 6.36. The fraction of sp³-hybridized carbons (Fsp3) is 0.625. The lowest BCUT2D eigenvalue weighted by Crippen LogP contribution is -2.47. The van der Waals surface area contributed by atoms with Crippen LogP contribution in [0.3, 0.4) is 0 Å². The van der Waals surface area contributed by atoms with E-state index < -0.39 is 0 Å². The number of fused-ring (bicyclic) bond motifs is 1. The topological polar surface area (TPSA) is 76.7 Å². The third kappa shape index (κ3) is 2.57. The molecule has 2 heterocycles. The van der Waals surface area contributed by atoms with Gasteiger partial charge in [-0.15, -0.1) is 0 Å². The van der Waals surface area contributed by atoms with Crippen molar-refractivity contribution in [1.82, 2.24) is 10.6 Å². The molecule has 0 unspecified atom stereocenters. The van der Waals surface area contributed by atoms with Crippen molar-refractivity contribution in [3.63, 3.8) is 0 Å². The van der Waals surface area contributed by atoms with Crippen molar-refractivity contribution < 1.29 is 19.1 Å².